The van der Waals surface area contributed by atoms with Crippen LogP contribution >= 0.6 is 0 Å². The number of nitrogens with zero attached hydrogens (tertiary/aromatic N) is 1. The zero-order valence-electron chi connectivity index (χ0n) is 21.7. The summed E-state index contributed by atoms with van der Waals surface area (Å²) in [6, 6.07) is 5.88. The first-order valence-corrected chi connectivity index (χ1v) is 14.5. The molecule has 192 valence electrons. The van der Waals surface area contributed by atoms with Crippen molar-refractivity contribution in [3.8, 4) is 11.8 Å². The van der Waals surface area contributed by atoms with Crippen LogP contribution in [0.3, 0.4) is 0 Å². The number of hydrogen-bond donors (Lipinski definition) is 0. The predicted molar refractivity (Wildman–Crippen MR) is 137 cm³/mol. The topological polar surface area (TPSA) is 50.1 Å². The van der Waals surface area contributed by atoms with E-state index in [2.05, 4.69) is 6.92 Å². The fourth-order valence-electron chi connectivity index (χ4n) is 7.55. The summed E-state index contributed by atoms with van der Waals surface area (Å²) in [5.41, 5.74) is -0.0261. The van der Waals surface area contributed by atoms with E-state index in [1.807, 2.05) is 6.07 Å². The van der Waals surface area contributed by atoms with E-state index in [1.54, 1.807) is 0 Å². The molecule has 0 spiro atoms. The van der Waals surface area contributed by atoms with Crippen LogP contribution in [0, 0.1) is 52.7 Å². The highest BCUT2D eigenvalue weighted by Gasteiger charge is 2.43. The quantitative estimate of drug-likeness (QED) is 0.201. The van der Waals surface area contributed by atoms with Crippen LogP contribution in [0.2, 0.25) is 0 Å². The van der Waals surface area contributed by atoms with Gasteiger partial charge in [-0.15, -0.1) is 0 Å². The first kappa shape index (κ1) is 26.2. The summed E-state index contributed by atoms with van der Waals surface area (Å²) in [6.45, 7) is 2.29. The molecule has 0 aliphatic heterocycles. The molecular formula is C31H44FNO2. The number of benzene rings is 1. The molecule has 0 N–H and O–H groups in total. The number of carbonyl (C=O) groups excluding carboxylic acids is 1. The maximum Gasteiger partial charge on any atom is 0.314 e. The van der Waals surface area contributed by atoms with E-state index in [0.717, 1.165) is 43.1 Å². The lowest BCUT2D eigenvalue weighted by Crippen LogP contribution is -2.40. The van der Waals surface area contributed by atoms with Crippen LogP contribution in [0.4, 0.5) is 4.39 Å². The molecule has 3 aliphatic rings. The second-order valence-electron chi connectivity index (χ2n) is 11.7. The second kappa shape index (κ2) is 12.9. The first-order valence-electron chi connectivity index (χ1n) is 14.5. The fourth-order valence-corrected chi connectivity index (χ4v) is 7.55. The van der Waals surface area contributed by atoms with Crippen molar-refractivity contribution in [2.24, 2.45) is 35.5 Å². The van der Waals surface area contributed by atoms with E-state index >= 15 is 0 Å². The minimum atomic E-state index is -0.633. The van der Waals surface area contributed by atoms with Crippen molar-refractivity contribution in [1.29, 1.82) is 5.26 Å². The molecule has 1 aromatic rings. The summed E-state index contributed by atoms with van der Waals surface area (Å²) in [5, 5.41) is 8.92. The van der Waals surface area contributed by atoms with E-state index in [0.29, 0.717) is 11.8 Å². The van der Waals surface area contributed by atoms with Gasteiger partial charge >= 0.3 is 5.97 Å². The highest BCUT2D eigenvalue weighted by atomic mass is 19.1. The van der Waals surface area contributed by atoms with Gasteiger partial charge in [-0.25, -0.2) is 4.39 Å². The van der Waals surface area contributed by atoms with Crippen molar-refractivity contribution in [2.75, 3.05) is 0 Å². The van der Waals surface area contributed by atoms with Crippen molar-refractivity contribution >= 4 is 5.97 Å². The Bertz CT molecular complexity index is 869. The lowest BCUT2D eigenvalue weighted by molar-refractivity contribution is -0.144. The number of unbranched alkanes of at least 4 members (excludes halogenated alkanes) is 4. The van der Waals surface area contributed by atoms with Gasteiger partial charge in [-0.1, -0.05) is 71.1 Å². The Balaban J connectivity index is 1.24. The summed E-state index contributed by atoms with van der Waals surface area (Å²) in [7, 11) is 0. The molecule has 0 amide bonds. The monoisotopic (exact) mass is 481 g/mol. The minimum Gasteiger partial charge on any atom is -0.426 e. The smallest absolute Gasteiger partial charge is 0.314 e. The van der Waals surface area contributed by atoms with Gasteiger partial charge in [0.2, 0.25) is 0 Å². The summed E-state index contributed by atoms with van der Waals surface area (Å²) < 4.78 is 19.6. The van der Waals surface area contributed by atoms with Crippen LogP contribution in [0.25, 0.3) is 0 Å². The van der Waals surface area contributed by atoms with Gasteiger partial charge in [0.1, 0.15) is 17.6 Å². The highest BCUT2D eigenvalue weighted by Crippen LogP contribution is 2.50. The summed E-state index contributed by atoms with van der Waals surface area (Å²) in [5.74, 6) is 3.04. The Kier molecular flexibility index (Phi) is 9.64. The number of carbonyl (C=O) groups is 1. The second-order valence-corrected chi connectivity index (χ2v) is 11.7. The van der Waals surface area contributed by atoms with E-state index in [1.165, 1.54) is 95.6 Å². The molecule has 3 aliphatic carbocycles. The van der Waals surface area contributed by atoms with E-state index < -0.39 is 5.82 Å². The Hall–Kier alpha value is -1.89. The number of esters is 1. The van der Waals surface area contributed by atoms with E-state index in [4.69, 9.17) is 10.00 Å². The van der Waals surface area contributed by atoms with Crippen molar-refractivity contribution in [3.05, 3.63) is 29.6 Å². The molecule has 0 radical (unpaired) electrons. The average Bonchev–Trinajstić information content (AvgIpc) is 2.88. The molecule has 4 heteroatoms. The third-order valence-corrected chi connectivity index (χ3v) is 9.54. The summed E-state index contributed by atoms with van der Waals surface area (Å²) in [4.78, 5) is 13.0. The normalized spacial score (nSPS) is 30.8. The maximum absolute atomic E-state index is 13.9. The lowest BCUT2D eigenvalue weighted by Gasteiger charge is -2.46. The third kappa shape index (κ3) is 6.87. The molecule has 3 fully saturated rings. The fraction of sp³-hybridized carbons (Fsp3) is 0.742. The van der Waals surface area contributed by atoms with Crippen molar-refractivity contribution in [3.63, 3.8) is 0 Å². The third-order valence-electron chi connectivity index (χ3n) is 9.54. The van der Waals surface area contributed by atoms with Gasteiger partial charge in [-0.3, -0.25) is 4.79 Å². The molecular weight excluding hydrogens is 437 g/mol. The molecule has 1 aromatic carbocycles. The Morgan fingerprint density at radius 1 is 0.971 bits per heavy atom. The van der Waals surface area contributed by atoms with Gasteiger partial charge in [0.05, 0.1) is 11.5 Å². The molecule has 0 heterocycles. The molecule has 4 rings (SSSR count). The standard InChI is InChI=1S/C31H44FNO2/c1-2-3-4-5-6-8-22-11-13-23(14-12-22)24-16-18-28-25(19-24)9-7-10-29(28)31(34)35-27-17-15-26(21-33)30(32)20-27/h15,17,20,22-25,28-29H,2-14,16,18-19H2,1H3. The van der Waals surface area contributed by atoms with E-state index in [-0.39, 0.29) is 23.2 Å². The number of fused-ring (bicyclic) bond motifs is 1. The zero-order valence-corrected chi connectivity index (χ0v) is 21.7. The predicted octanol–water partition coefficient (Wildman–Crippen LogP) is 8.60. The largest absolute Gasteiger partial charge is 0.426 e. The SMILES string of the molecule is CCCCCCCC1CCC(C2CCC3C(CCCC3C(=O)Oc3ccc(C#N)c(F)c3)C2)CC1. The van der Waals surface area contributed by atoms with Crippen LogP contribution in [-0.2, 0) is 4.79 Å². The first-order chi connectivity index (χ1) is 17.1. The number of ether oxygens (including phenoxy) is 1. The van der Waals surface area contributed by atoms with Crippen molar-refractivity contribution in [2.45, 2.75) is 110 Å². The molecule has 3 saturated carbocycles. The van der Waals surface area contributed by atoms with Crippen LogP contribution in [0.5, 0.6) is 5.75 Å². The summed E-state index contributed by atoms with van der Waals surface area (Å²) >= 11 is 0. The van der Waals surface area contributed by atoms with Gasteiger partial charge in [-0.05, 0) is 80.2 Å². The van der Waals surface area contributed by atoms with Crippen LogP contribution < -0.4 is 4.74 Å². The number of nitriles is 1. The Morgan fingerprint density at radius 3 is 2.49 bits per heavy atom. The van der Waals surface area contributed by atoms with Gasteiger partial charge < -0.3 is 4.74 Å². The van der Waals surface area contributed by atoms with Crippen molar-refractivity contribution in [1.82, 2.24) is 0 Å². The molecule has 4 atom stereocenters. The number of hydrogen-bond acceptors (Lipinski definition) is 3. The molecule has 0 bridgehead atoms. The van der Waals surface area contributed by atoms with Crippen LogP contribution in [0.15, 0.2) is 18.2 Å². The average molecular weight is 482 g/mol. The highest BCUT2D eigenvalue weighted by molar-refractivity contribution is 5.75. The summed E-state index contributed by atoms with van der Waals surface area (Å²) in [6.07, 6.45) is 21.0. The molecule has 35 heavy (non-hydrogen) atoms. The minimum absolute atomic E-state index is 0.0261. The molecule has 4 unspecified atom stereocenters. The Morgan fingerprint density at radius 2 is 1.74 bits per heavy atom. The van der Waals surface area contributed by atoms with Gasteiger partial charge in [-0.2, -0.15) is 5.26 Å². The maximum atomic E-state index is 13.9. The van der Waals surface area contributed by atoms with Gasteiger partial charge in [0.15, 0.2) is 0 Å². The lowest BCUT2D eigenvalue weighted by atomic mass is 9.59. The number of rotatable bonds is 9. The van der Waals surface area contributed by atoms with Crippen LogP contribution in [0.1, 0.15) is 115 Å². The molecule has 0 saturated heterocycles. The van der Waals surface area contributed by atoms with Gasteiger partial charge in [0.25, 0.3) is 0 Å². The van der Waals surface area contributed by atoms with Crippen molar-refractivity contribution < 1.29 is 13.9 Å². The molecule has 3 nitrogen and oxygen atoms in total. The Labute approximate surface area is 211 Å². The zero-order chi connectivity index (χ0) is 24.6. The van der Waals surface area contributed by atoms with Crippen LogP contribution in [-0.4, -0.2) is 5.97 Å². The number of halogens is 1. The van der Waals surface area contributed by atoms with E-state index in [9.17, 15) is 9.18 Å². The molecule has 0 aromatic heterocycles. The van der Waals surface area contributed by atoms with Gasteiger partial charge in [0, 0.05) is 6.07 Å².